The van der Waals surface area contributed by atoms with E-state index in [0.29, 0.717) is 0 Å². The Bertz CT molecular complexity index is 83.4. The second-order valence-electron chi connectivity index (χ2n) is 1.28. The minimum absolute atomic E-state index is 0.0394. The van der Waals surface area contributed by atoms with Crippen LogP contribution in [0, 0.1) is 0 Å². The zero-order valence-electron chi connectivity index (χ0n) is 4.43. The number of hydrogen-bond acceptors (Lipinski definition) is 3. The molecule has 1 atom stereocenters. The molecule has 0 rings (SSSR count). The number of aliphatic hydroxyl groups excluding tert-OH is 1. The summed E-state index contributed by atoms with van der Waals surface area (Å²) >= 11 is 4.84. The van der Waals surface area contributed by atoms with Crippen molar-refractivity contribution in [3.63, 3.8) is 0 Å². The van der Waals surface area contributed by atoms with Gasteiger partial charge in [-0.05, 0) is 11.6 Å². The van der Waals surface area contributed by atoms with Crippen molar-refractivity contribution in [3.8, 4) is 0 Å². The van der Waals surface area contributed by atoms with Crippen molar-refractivity contribution in [2.75, 3.05) is 13.7 Å². The first kappa shape index (κ1) is 7.88. The summed E-state index contributed by atoms with van der Waals surface area (Å²) in [5.74, 6) is 0. The molecule has 1 N–H and O–H groups in total. The van der Waals surface area contributed by atoms with Gasteiger partial charge in [0.25, 0.3) is 5.24 Å². The molecule has 0 spiro atoms. The predicted molar refractivity (Wildman–Crippen MR) is 28.7 cm³/mol. The lowest BCUT2D eigenvalue weighted by Crippen LogP contribution is -2.20. The molecule has 0 aliphatic rings. The van der Waals surface area contributed by atoms with Crippen LogP contribution in [0.4, 0.5) is 0 Å². The Balaban J connectivity index is 3.32. The Labute approximate surface area is 52.2 Å². The molecule has 0 saturated heterocycles. The highest BCUT2D eigenvalue weighted by Crippen LogP contribution is 1.89. The molecule has 0 aliphatic heterocycles. The smallest absolute Gasteiger partial charge is 0.252 e. The van der Waals surface area contributed by atoms with Crippen molar-refractivity contribution in [2.45, 2.75) is 6.10 Å². The lowest BCUT2D eigenvalue weighted by molar-refractivity contribution is -0.121. The molecule has 0 fully saturated rings. The molecule has 0 amide bonds. The van der Waals surface area contributed by atoms with Gasteiger partial charge in [0.1, 0.15) is 0 Å². The molecule has 8 heavy (non-hydrogen) atoms. The molecule has 0 aliphatic carbocycles. The Hall–Kier alpha value is -0.120. The molecule has 0 radical (unpaired) electrons. The molecule has 48 valence electrons. The molecule has 0 heterocycles. The first-order valence-corrected chi connectivity index (χ1v) is 2.42. The first-order chi connectivity index (χ1) is 3.68. The molecule has 0 aromatic rings. The lowest BCUT2D eigenvalue weighted by Gasteiger charge is -2.00. The van der Waals surface area contributed by atoms with Crippen molar-refractivity contribution in [1.29, 1.82) is 0 Å². The summed E-state index contributed by atoms with van der Waals surface area (Å²) in [6.07, 6.45) is -1.18. The minimum atomic E-state index is -1.18. The topological polar surface area (TPSA) is 46.5 Å². The largest absolute Gasteiger partial charge is 0.381 e. The summed E-state index contributed by atoms with van der Waals surface area (Å²) in [6, 6.07) is 0. The first-order valence-electron chi connectivity index (χ1n) is 2.05. The molecule has 0 bridgehead atoms. The Morgan fingerprint density at radius 1 is 2.00 bits per heavy atom. The standard InChI is InChI=1S/C4H7ClO3/c1-8-2-3(6)4(5)7/h3,6H,2H2,1H3. The highest BCUT2D eigenvalue weighted by molar-refractivity contribution is 6.64. The third kappa shape index (κ3) is 2.96. The molecule has 0 saturated carbocycles. The van der Waals surface area contributed by atoms with Crippen molar-refractivity contribution in [3.05, 3.63) is 0 Å². The maximum Gasteiger partial charge on any atom is 0.252 e. The van der Waals surface area contributed by atoms with E-state index in [-0.39, 0.29) is 6.61 Å². The Kier molecular flexibility index (Phi) is 3.77. The maximum absolute atomic E-state index is 9.97. The molecule has 0 aromatic carbocycles. The van der Waals surface area contributed by atoms with Gasteiger partial charge >= 0.3 is 0 Å². The summed E-state index contributed by atoms with van der Waals surface area (Å²) in [5, 5.41) is 7.73. The van der Waals surface area contributed by atoms with E-state index in [1.54, 1.807) is 0 Å². The van der Waals surface area contributed by atoms with Crippen LogP contribution in [0.5, 0.6) is 0 Å². The van der Waals surface area contributed by atoms with Crippen molar-refractivity contribution < 1.29 is 14.6 Å². The fraction of sp³-hybridized carbons (Fsp3) is 0.750. The highest BCUT2D eigenvalue weighted by Gasteiger charge is 2.09. The molecule has 0 aromatic heterocycles. The number of halogens is 1. The van der Waals surface area contributed by atoms with Crippen LogP contribution < -0.4 is 0 Å². The van der Waals surface area contributed by atoms with Gasteiger partial charge in [0.2, 0.25) is 0 Å². The van der Waals surface area contributed by atoms with Crippen LogP contribution in [0.3, 0.4) is 0 Å². The zero-order valence-corrected chi connectivity index (χ0v) is 5.18. The fourth-order valence-electron chi connectivity index (χ4n) is 0.223. The quantitative estimate of drug-likeness (QED) is 0.548. The van der Waals surface area contributed by atoms with Crippen molar-refractivity contribution in [2.24, 2.45) is 0 Å². The summed E-state index contributed by atoms with van der Waals surface area (Å²) in [7, 11) is 1.38. The summed E-state index contributed by atoms with van der Waals surface area (Å²) in [4.78, 5) is 9.97. The average molecular weight is 139 g/mol. The molecule has 3 nitrogen and oxygen atoms in total. The van der Waals surface area contributed by atoms with E-state index in [1.807, 2.05) is 0 Å². The van der Waals surface area contributed by atoms with Gasteiger partial charge in [-0.3, -0.25) is 4.79 Å². The summed E-state index contributed by atoms with van der Waals surface area (Å²) < 4.78 is 4.41. The SMILES string of the molecule is COCC(O)C(=O)Cl. The third-order valence-electron chi connectivity index (χ3n) is 0.587. The van der Waals surface area contributed by atoms with E-state index in [2.05, 4.69) is 4.74 Å². The second kappa shape index (κ2) is 3.83. The number of hydrogen-bond donors (Lipinski definition) is 1. The Morgan fingerprint density at radius 2 is 2.50 bits per heavy atom. The molecular formula is C4H7ClO3. The average Bonchev–Trinajstić information content (AvgIpc) is 1.67. The van der Waals surface area contributed by atoms with Crippen molar-refractivity contribution in [1.82, 2.24) is 0 Å². The van der Waals surface area contributed by atoms with E-state index in [0.717, 1.165) is 0 Å². The van der Waals surface area contributed by atoms with E-state index >= 15 is 0 Å². The van der Waals surface area contributed by atoms with Crippen molar-refractivity contribution >= 4 is 16.8 Å². The van der Waals surface area contributed by atoms with Gasteiger partial charge in [0, 0.05) is 7.11 Å². The highest BCUT2D eigenvalue weighted by atomic mass is 35.5. The number of aliphatic hydroxyl groups is 1. The van der Waals surface area contributed by atoms with E-state index in [1.165, 1.54) is 7.11 Å². The molecular weight excluding hydrogens is 131 g/mol. The van der Waals surface area contributed by atoms with E-state index in [9.17, 15) is 4.79 Å². The van der Waals surface area contributed by atoms with Gasteiger partial charge in [0.15, 0.2) is 6.10 Å². The van der Waals surface area contributed by atoms with Crippen LogP contribution in [-0.4, -0.2) is 30.2 Å². The van der Waals surface area contributed by atoms with Gasteiger partial charge in [0.05, 0.1) is 6.61 Å². The monoisotopic (exact) mass is 138 g/mol. The Morgan fingerprint density at radius 3 is 2.62 bits per heavy atom. The predicted octanol–water partition coefficient (Wildman–Crippen LogP) is -0.241. The summed E-state index contributed by atoms with van der Waals surface area (Å²) in [6.45, 7) is -0.0394. The van der Waals surface area contributed by atoms with Gasteiger partial charge in [-0.15, -0.1) is 0 Å². The maximum atomic E-state index is 9.97. The van der Waals surface area contributed by atoms with Gasteiger partial charge < -0.3 is 9.84 Å². The van der Waals surface area contributed by atoms with Gasteiger partial charge in [-0.1, -0.05) is 0 Å². The lowest BCUT2D eigenvalue weighted by atomic mass is 10.4. The minimum Gasteiger partial charge on any atom is -0.381 e. The van der Waals surface area contributed by atoms with Crippen LogP contribution in [-0.2, 0) is 9.53 Å². The number of carbonyl (C=O) groups is 1. The van der Waals surface area contributed by atoms with E-state index < -0.39 is 11.3 Å². The van der Waals surface area contributed by atoms with Crippen LogP contribution in [0.1, 0.15) is 0 Å². The molecule has 1 unspecified atom stereocenters. The summed E-state index contributed by atoms with van der Waals surface area (Å²) in [5.41, 5.74) is 0. The number of carbonyl (C=O) groups excluding carboxylic acids is 1. The number of ether oxygens (including phenoxy) is 1. The van der Waals surface area contributed by atoms with Crippen LogP contribution in [0.2, 0.25) is 0 Å². The van der Waals surface area contributed by atoms with E-state index in [4.69, 9.17) is 16.7 Å². The number of methoxy groups -OCH3 is 1. The van der Waals surface area contributed by atoms with Gasteiger partial charge in [-0.25, -0.2) is 0 Å². The third-order valence-corrected chi connectivity index (χ3v) is 0.838. The second-order valence-corrected chi connectivity index (χ2v) is 1.65. The van der Waals surface area contributed by atoms with Crippen LogP contribution in [0.15, 0.2) is 0 Å². The normalized spacial score (nSPS) is 13.4. The van der Waals surface area contributed by atoms with Crippen LogP contribution >= 0.6 is 11.6 Å². The van der Waals surface area contributed by atoms with Crippen LogP contribution in [0.25, 0.3) is 0 Å². The zero-order chi connectivity index (χ0) is 6.57. The fourth-order valence-corrected chi connectivity index (χ4v) is 0.286. The van der Waals surface area contributed by atoms with Gasteiger partial charge in [-0.2, -0.15) is 0 Å². The number of rotatable bonds is 3. The molecule has 4 heteroatoms.